The quantitative estimate of drug-likeness (QED) is 0.863. The smallest absolute Gasteiger partial charge is 0.310 e. The molecular weight excluding hydrogens is 373 g/mol. The maximum atomic E-state index is 12.6. The van der Waals surface area contributed by atoms with Gasteiger partial charge in [0.2, 0.25) is 0 Å². The Labute approximate surface area is 139 Å². The Morgan fingerprint density at radius 1 is 1.33 bits per heavy atom. The molecule has 1 N–H and O–H groups in total. The van der Waals surface area contributed by atoms with Crippen molar-refractivity contribution >= 4 is 21.4 Å². The standard InChI is InChI=1S/C12H12ClF3N4O3S/c1-6-7(11(13)20(2)19-6)4-24(22,23)5-9-17-8(12(14,15)16)3-10(21)18-9/h3H,4-5H2,1-2H3,(H,17,18,21). The number of aromatic nitrogens is 4. The molecule has 0 unspecified atom stereocenters. The zero-order chi connectivity index (χ0) is 18.3. The summed E-state index contributed by atoms with van der Waals surface area (Å²) < 4.78 is 63.6. The van der Waals surface area contributed by atoms with Gasteiger partial charge in [-0.1, -0.05) is 11.6 Å². The van der Waals surface area contributed by atoms with E-state index in [-0.39, 0.29) is 16.8 Å². The summed E-state index contributed by atoms with van der Waals surface area (Å²) in [6.45, 7) is 1.56. The fourth-order valence-corrected chi connectivity index (χ4v) is 3.80. The van der Waals surface area contributed by atoms with E-state index in [1.807, 2.05) is 4.98 Å². The number of sulfone groups is 1. The van der Waals surface area contributed by atoms with Crippen molar-refractivity contribution in [2.24, 2.45) is 7.05 Å². The molecule has 12 heteroatoms. The molecule has 0 aliphatic rings. The van der Waals surface area contributed by atoms with Gasteiger partial charge in [0.05, 0.1) is 11.4 Å². The SMILES string of the molecule is Cc1nn(C)c(Cl)c1CS(=O)(=O)Cc1nc(C(F)(F)F)cc(=O)[nH]1. The summed E-state index contributed by atoms with van der Waals surface area (Å²) in [6, 6.07) is 0.262. The Morgan fingerprint density at radius 2 is 1.96 bits per heavy atom. The Kier molecular flexibility index (Phi) is 4.77. The van der Waals surface area contributed by atoms with Gasteiger partial charge in [-0.3, -0.25) is 9.48 Å². The first-order valence-corrected chi connectivity index (χ1v) is 8.65. The average Bonchev–Trinajstić information content (AvgIpc) is 2.63. The largest absolute Gasteiger partial charge is 0.433 e. The topological polar surface area (TPSA) is 97.7 Å². The van der Waals surface area contributed by atoms with Crippen LogP contribution in [0.4, 0.5) is 13.2 Å². The number of halogens is 4. The van der Waals surface area contributed by atoms with Crippen molar-refractivity contribution in [2.45, 2.75) is 24.6 Å². The Hall–Kier alpha value is -1.88. The van der Waals surface area contributed by atoms with Crippen LogP contribution < -0.4 is 5.56 Å². The molecule has 0 fully saturated rings. The van der Waals surface area contributed by atoms with Gasteiger partial charge in [0.15, 0.2) is 15.5 Å². The van der Waals surface area contributed by atoms with Crippen LogP contribution in [-0.2, 0) is 34.6 Å². The highest BCUT2D eigenvalue weighted by Gasteiger charge is 2.34. The number of hydrogen-bond acceptors (Lipinski definition) is 5. The molecule has 2 aromatic rings. The Morgan fingerprint density at radius 3 is 2.46 bits per heavy atom. The Bertz CT molecular complexity index is 934. The number of hydrogen-bond donors (Lipinski definition) is 1. The van der Waals surface area contributed by atoms with E-state index in [0.29, 0.717) is 5.69 Å². The summed E-state index contributed by atoms with van der Waals surface area (Å²) >= 11 is 5.95. The van der Waals surface area contributed by atoms with Crippen LogP contribution in [0, 0.1) is 6.92 Å². The van der Waals surface area contributed by atoms with E-state index in [1.165, 1.54) is 11.7 Å². The van der Waals surface area contributed by atoms with Crippen molar-refractivity contribution in [3.05, 3.63) is 44.3 Å². The highest BCUT2D eigenvalue weighted by Crippen LogP contribution is 2.27. The van der Waals surface area contributed by atoms with Crippen molar-refractivity contribution in [2.75, 3.05) is 0 Å². The van der Waals surface area contributed by atoms with E-state index >= 15 is 0 Å². The lowest BCUT2D eigenvalue weighted by Crippen LogP contribution is -2.21. The van der Waals surface area contributed by atoms with Crippen molar-refractivity contribution < 1.29 is 21.6 Å². The first-order valence-electron chi connectivity index (χ1n) is 6.45. The third-order valence-electron chi connectivity index (χ3n) is 3.07. The number of nitrogens with zero attached hydrogens (tertiary/aromatic N) is 3. The predicted octanol–water partition coefficient (Wildman–Crippen LogP) is 1.60. The van der Waals surface area contributed by atoms with Crippen molar-refractivity contribution in [1.29, 1.82) is 0 Å². The highest BCUT2D eigenvalue weighted by molar-refractivity contribution is 7.89. The van der Waals surface area contributed by atoms with E-state index < -0.39 is 44.6 Å². The monoisotopic (exact) mass is 384 g/mol. The zero-order valence-electron chi connectivity index (χ0n) is 12.5. The lowest BCUT2D eigenvalue weighted by Gasteiger charge is -2.08. The second-order valence-corrected chi connectivity index (χ2v) is 7.51. The van der Waals surface area contributed by atoms with Crippen LogP contribution in [0.2, 0.25) is 5.15 Å². The van der Waals surface area contributed by atoms with Crippen LogP contribution in [0.25, 0.3) is 0 Å². The zero-order valence-corrected chi connectivity index (χ0v) is 14.1. The molecule has 7 nitrogen and oxygen atoms in total. The van der Waals surface area contributed by atoms with Gasteiger partial charge in [0.1, 0.15) is 16.7 Å². The van der Waals surface area contributed by atoms with Crippen molar-refractivity contribution in [3.8, 4) is 0 Å². The van der Waals surface area contributed by atoms with Gasteiger partial charge in [-0.15, -0.1) is 0 Å². The first-order chi connectivity index (χ1) is 10.9. The number of nitrogens with one attached hydrogen (secondary N) is 1. The normalized spacial score (nSPS) is 12.6. The highest BCUT2D eigenvalue weighted by atomic mass is 35.5. The molecule has 0 saturated carbocycles. The van der Waals surface area contributed by atoms with Crippen LogP contribution in [0.5, 0.6) is 0 Å². The third kappa shape index (κ3) is 4.15. The number of rotatable bonds is 4. The van der Waals surface area contributed by atoms with Crippen LogP contribution in [0.15, 0.2) is 10.9 Å². The third-order valence-corrected chi connectivity index (χ3v) is 4.99. The molecule has 2 rings (SSSR count). The number of aryl methyl sites for hydroxylation is 2. The van der Waals surface area contributed by atoms with E-state index in [1.54, 1.807) is 6.92 Å². The second kappa shape index (κ2) is 6.20. The van der Waals surface area contributed by atoms with Crippen LogP contribution in [0.3, 0.4) is 0 Å². The van der Waals surface area contributed by atoms with Gasteiger partial charge >= 0.3 is 6.18 Å². The minimum Gasteiger partial charge on any atom is -0.310 e. The molecule has 0 saturated heterocycles. The molecule has 132 valence electrons. The molecule has 24 heavy (non-hydrogen) atoms. The molecule has 0 amide bonds. The van der Waals surface area contributed by atoms with Crippen LogP contribution in [-0.4, -0.2) is 28.2 Å². The van der Waals surface area contributed by atoms with E-state index in [9.17, 15) is 26.4 Å². The fraction of sp³-hybridized carbons (Fsp3) is 0.417. The van der Waals surface area contributed by atoms with Gasteiger partial charge in [-0.25, -0.2) is 13.4 Å². The number of alkyl halides is 3. The summed E-state index contributed by atoms with van der Waals surface area (Å²) in [5.74, 6) is -1.99. The van der Waals surface area contributed by atoms with Gasteiger partial charge < -0.3 is 4.98 Å². The predicted molar refractivity (Wildman–Crippen MR) is 79.1 cm³/mol. The molecule has 0 bridgehead atoms. The molecule has 2 aromatic heterocycles. The minimum atomic E-state index is -4.85. The average molecular weight is 385 g/mol. The molecular formula is C12H12ClF3N4O3S. The number of H-pyrrole nitrogens is 1. The second-order valence-electron chi connectivity index (χ2n) is 5.09. The summed E-state index contributed by atoms with van der Waals surface area (Å²) in [7, 11) is -2.41. The summed E-state index contributed by atoms with van der Waals surface area (Å²) in [6.07, 6.45) is -4.85. The maximum Gasteiger partial charge on any atom is 0.433 e. The molecule has 0 aliphatic carbocycles. The minimum absolute atomic E-state index is 0.113. The lowest BCUT2D eigenvalue weighted by atomic mass is 10.3. The van der Waals surface area contributed by atoms with E-state index in [2.05, 4.69) is 10.1 Å². The van der Waals surface area contributed by atoms with Crippen molar-refractivity contribution in [3.63, 3.8) is 0 Å². The van der Waals surface area contributed by atoms with Crippen LogP contribution >= 0.6 is 11.6 Å². The lowest BCUT2D eigenvalue weighted by molar-refractivity contribution is -0.141. The summed E-state index contributed by atoms with van der Waals surface area (Å²) in [5, 5.41) is 4.07. The van der Waals surface area contributed by atoms with E-state index in [4.69, 9.17) is 11.6 Å². The molecule has 0 aliphatic heterocycles. The molecule has 2 heterocycles. The molecule has 0 spiro atoms. The summed E-state index contributed by atoms with van der Waals surface area (Å²) in [4.78, 5) is 16.5. The molecule has 0 atom stereocenters. The Balaban J connectivity index is 2.33. The fourth-order valence-electron chi connectivity index (χ4n) is 2.04. The van der Waals surface area contributed by atoms with E-state index in [0.717, 1.165) is 0 Å². The molecule has 0 radical (unpaired) electrons. The maximum absolute atomic E-state index is 12.6. The summed E-state index contributed by atoms with van der Waals surface area (Å²) in [5.41, 5.74) is -1.91. The van der Waals surface area contributed by atoms with Gasteiger partial charge in [-0.2, -0.15) is 18.3 Å². The van der Waals surface area contributed by atoms with Gasteiger partial charge in [0.25, 0.3) is 5.56 Å². The molecule has 0 aromatic carbocycles. The number of aromatic amines is 1. The first kappa shape index (κ1) is 18.5. The van der Waals surface area contributed by atoms with Crippen molar-refractivity contribution in [1.82, 2.24) is 19.7 Å². The van der Waals surface area contributed by atoms with Gasteiger partial charge in [-0.05, 0) is 6.92 Å². The van der Waals surface area contributed by atoms with Gasteiger partial charge in [0, 0.05) is 18.7 Å². The van der Waals surface area contributed by atoms with Crippen LogP contribution in [0.1, 0.15) is 22.8 Å².